The molecule has 0 N–H and O–H groups in total. The minimum atomic E-state index is -4.44. The van der Waals surface area contributed by atoms with Gasteiger partial charge in [-0.2, -0.15) is 13.2 Å². The molecule has 134 valence electrons. The Hall–Kier alpha value is -2.52. The van der Waals surface area contributed by atoms with Gasteiger partial charge in [0, 0.05) is 29.4 Å². The molecular weight excluding hydrogens is 365 g/mol. The van der Waals surface area contributed by atoms with Crippen molar-refractivity contribution in [3.05, 3.63) is 64.4 Å². The lowest BCUT2D eigenvalue weighted by Crippen LogP contribution is -2.49. The Kier molecular flexibility index (Phi) is 4.68. The number of benzene rings is 1. The number of hydrogen-bond donors (Lipinski definition) is 0. The Morgan fingerprint density at radius 3 is 2.42 bits per heavy atom. The van der Waals surface area contributed by atoms with Crippen molar-refractivity contribution in [3.63, 3.8) is 0 Å². The molecule has 0 aliphatic heterocycles. The van der Waals surface area contributed by atoms with Gasteiger partial charge >= 0.3 is 6.18 Å². The zero-order valence-corrected chi connectivity index (χ0v) is 14.5. The molecule has 7 heteroatoms. The predicted octanol–water partition coefficient (Wildman–Crippen LogP) is 4.30. The monoisotopic (exact) mass is 378 g/mol. The predicted molar refractivity (Wildman–Crippen MR) is 91.8 cm³/mol. The molecule has 0 spiro atoms. The zero-order valence-electron chi connectivity index (χ0n) is 13.8. The number of aromatic nitrogens is 1. The van der Waals surface area contributed by atoms with Gasteiger partial charge in [-0.3, -0.25) is 4.79 Å². The average molecular weight is 379 g/mol. The van der Waals surface area contributed by atoms with Crippen LogP contribution >= 0.6 is 11.6 Å². The highest BCUT2D eigenvalue weighted by atomic mass is 35.5. The fraction of sp³-hybridized carbons (Fsp3) is 0.263. The van der Waals surface area contributed by atoms with Gasteiger partial charge in [-0.25, -0.2) is 4.98 Å². The van der Waals surface area contributed by atoms with Crippen molar-refractivity contribution in [2.45, 2.75) is 24.6 Å². The van der Waals surface area contributed by atoms with Gasteiger partial charge in [-0.15, -0.1) is 0 Å². The summed E-state index contributed by atoms with van der Waals surface area (Å²) in [5, 5.41) is 0.567. The molecule has 1 aromatic carbocycles. The summed E-state index contributed by atoms with van der Waals surface area (Å²) < 4.78 is 39.4. The largest absolute Gasteiger partial charge is 0.411 e. The van der Waals surface area contributed by atoms with Gasteiger partial charge in [-0.1, -0.05) is 29.5 Å². The second kappa shape index (κ2) is 6.65. The number of carbonyl (C=O) groups excluding carboxylic acids is 1. The van der Waals surface area contributed by atoms with Gasteiger partial charge in [0.05, 0.1) is 0 Å². The van der Waals surface area contributed by atoms with Crippen LogP contribution in [-0.2, 0) is 0 Å². The van der Waals surface area contributed by atoms with Crippen LogP contribution < -0.4 is 0 Å². The van der Waals surface area contributed by atoms with E-state index in [9.17, 15) is 18.0 Å². The zero-order chi connectivity index (χ0) is 18.9. The molecule has 0 atom stereocenters. The molecule has 1 heterocycles. The lowest BCUT2D eigenvalue weighted by atomic mass is 10.1. The van der Waals surface area contributed by atoms with Crippen molar-refractivity contribution >= 4 is 17.5 Å². The van der Waals surface area contributed by atoms with Crippen LogP contribution in [0.1, 0.15) is 34.5 Å². The van der Waals surface area contributed by atoms with E-state index in [0.717, 1.165) is 17.5 Å². The third kappa shape index (κ3) is 3.54. The van der Waals surface area contributed by atoms with Crippen molar-refractivity contribution in [2.24, 2.45) is 0 Å². The van der Waals surface area contributed by atoms with E-state index in [1.807, 2.05) is 0 Å². The quantitative estimate of drug-likeness (QED) is 0.730. The van der Waals surface area contributed by atoms with E-state index in [1.54, 1.807) is 30.3 Å². The van der Waals surface area contributed by atoms with Crippen molar-refractivity contribution in [2.75, 3.05) is 7.05 Å². The molecule has 0 bridgehead atoms. The normalized spacial score (nSPS) is 15.0. The number of hydrogen-bond acceptors (Lipinski definition) is 2. The van der Waals surface area contributed by atoms with Crippen LogP contribution in [0, 0.1) is 11.8 Å². The molecular formula is C19H14ClF3N2O. The molecule has 0 saturated heterocycles. The van der Waals surface area contributed by atoms with E-state index >= 15 is 0 Å². The fourth-order valence-corrected chi connectivity index (χ4v) is 2.79. The van der Waals surface area contributed by atoms with Crippen LogP contribution in [0.4, 0.5) is 13.2 Å². The Morgan fingerprint density at radius 1 is 1.19 bits per heavy atom. The Labute approximate surface area is 153 Å². The van der Waals surface area contributed by atoms with E-state index < -0.39 is 17.6 Å². The molecule has 0 unspecified atom stereocenters. The van der Waals surface area contributed by atoms with E-state index in [2.05, 4.69) is 16.8 Å². The molecule has 26 heavy (non-hydrogen) atoms. The summed E-state index contributed by atoms with van der Waals surface area (Å²) in [5.41, 5.74) is -0.840. The van der Waals surface area contributed by atoms with Gasteiger partial charge < -0.3 is 4.90 Å². The van der Waals surface area contributed by atoms with Crippen molar-refractivity contribution in [1.29, 1.82) is 0 Å². The van der Waals surface area contributed by atoms with Crippen molar-refractivity contribution < 1.29 is 18.0 Å². The number of alkyl halides is 3. The lowest BCUT2D eigenvalue weighted by Gasteiger charge is -2.29. The van der Waals surface area contributed by atoms with Crippen LogP contribution in [0.25, 0.3) is 0 Å². The maximum Gasteiger partial charge on any atom is 0.411 e. The van der Waals surface area contributed by atoms with Crippen molar-refractivity contribution in [3.8, 4) is 11.8 Å². The first-order chi connectivity index (χ1) is 12.2. The molecule has 1 aromatic heterocycles. The molecule has 3 nitrogen and oxygen atoms in total. The van der Waals surface area contributed by atoms with Gasteiger partial charge in [0.2, 0.25) is 0 Å². The summed E-state index contributed by atoms with van der Waals surface area (Å²) in [4.78, 5) is 17.0. The highest BCUT2D eigenvalue weighted by molar-refractivity contribution is 6.30. The van der Waals surface area contributed by atoms with Crippen LogP contribution in [0.2, 0.25) is 5.02 Å². The van der Waals surface area contributed by atoms with E-state index in [4.69, 9.17) is 11.6 Å². The molecule has 1 amide bonds. The summed E-state index contributed by atoms with van der Waals surface area (Å²) in [6.45, 7) is 0. The highest BCUT2D eigenvalue weighted by Gasteiger charge is 2.67. The summed E-state index contributed by atoms with van der Waals surface area (Å²) in [5.74, 6) is 5.03. The first-order valence-corrected chi connectivity index (χ1v) is 8.19. The number of amides is 1. The number of halogens is 4. The summed E-state index contributed by atoms with van der Waals surface area (Å²) in [6.07, 6.45) is -3.24. The van der Waals surface area contributed by atoms with E-state index in [-0.39, 0.29) is 18.5 Å². The SMILES string of the molecule is CN(C(=O)c1ccc(C#Cc2cccc(Cl)c2)cn1)C1(C(F)(F)F)CC1. The number of carbonyl (C=O) groups is 1. The first kappa shape index (κ1) is 18.3. The van der Waals surface area contributed by atoms with Gasteiger partial charge in [0.25, 0.3) is 5.91 Å². The Morgan fingerprint density at radius 2 is 1.88 bits per heavy atom. The Balaban J connectivity index is 1.75. The Bertz CT molecular complexity index is 893. The summed E-state index contributed by atoms with van der Waals surface area (Å²) in [6, 6.07) is 9.95. The maximum atomic E-state index is 13.1. The minimum absolute atomic E-state index is 0.0451. The van der Waals surface area contributed by atoms with Gasteiger partial charge in [0.1, 0.15) is 11.2 Å². The standard InChI is InChI=1S/C19H14ClF3N2O/c1-25(18(9-10-18)19(21,22)23)17(26)16-8-7-14(12-24-16)6-5-13-3-2-4-15(20)11-13/h2-4,7-8,11-12H,9-10H2,1H3. The number of rotatable bonds is 2. The molecule has 3 rings (SSSR count). The molecule has 1 fully saturated rings. The second-order valence-electron chi connectivity index (χ2n) is 6.09. The van der Waals surface area contributed by atoms with Crippen LogP contribution in [0.5, 0.6) is 0 Å². The van der Waals surface area contributed by atoms with Crippen LogP contribution in [-0.4, -0.2) is 34.6 Å². The average Bonchev–Trinajstić information content (AvgIpc) is 3.41. The van der Waals surface area contributed by atoms with E-state index in [1.165, 1.54) is 12.3 Å². The van der Waals surface area contributed by atoms with Crippen LogP contribution in [0.15, 0.2) is 42.6 Å². The van der Waals surface area contributed by atoms with Crippen molar-refractivity contribution in [1.82, 2.24) is 9.88 Å². The topological polar surface area (TPSA) is 33.2 Å². The highest BCUT2D eigenvalue weighted by Crippen LogP contribution is 2.53. The number of pyridine rings is 1. The maximum absolute atomic E-state index is 13.1. The number of nitrogens with zero attached hydrogens (tertiary/aromatic N) is 2. The second-order valence-corrected chi connectivity index (χ2v) is 6.52. The van der Waals surface area contributed by atoms with Gasteiger partial charge in [-0.05, 0) is 43.2 Å². The third-order valence-electron chi connectivity index (χ3n) is 4.36. The van der Waals surface area contributed by atoms with Gasteiger partial charge in [0.15, 0.2) is 0 Å². The molecule has 1 saturated carbocycles. The van der Waals surface area contributed by atoms with Crippen LogP contribution in [0.3, 0.4) is 0 Å². The third-order valence-corrected chi connectivity index (χ3v) is 4.59. The first-order valence-electron chi connectivity index (χ1n) is 7.81. The molecule has 2 aromatic rings. The molecule has 1 aliphatic rings. The summed E-state index contributed by atoms with van der Waals surface area (Å²) >= 11 is 5.88. The minimum Gasteiger partial charge on any atom is -0.326 e. The lowest BCUT2D eigenvalue weighted by molar-refractivity contribution is -0.185. The molecule has 0 radical (unpaired) electrons. The fourth-order valence-electron chi connectivity index (χ4n) is 2.60. The molecule has 1 aliphatic carbocycles. The summed E-state index contributed by atoms with van der Waals surface area (Å²) in [7, 11) is 1.16. The smallest absolute Gasteiger partial charge is 0.326 e. The van der Waals surface area contributed by atoms with E-state index in [0.29, 0.717) is 10.6 Å².